The lowest BCUT2D eigenvalue weighted by atomic mass is 9.93. The molecule has 2 rings (SSSR count). The maximum absolute atomic E-state index is 11.6. The van der Waals surface area contributed by atoms with E-state index in [1.807, 2.05) is 0 Å². The highest BCUT2D eigenvalue weighted by atomic mass is 16.5. The standard InChI is InChI=1S/C13H12BNO3/c1-7-10(13(16)18-3)5-8-4-9(14)6-11(17-2)12(8)15-7/h4-6H,1-3H3. The number of aryl methyl sites for hydroxylation is 1. The molecule has 0 saturated heterocycles. The maximum Gasteiger partial charge on any atom is 0.339 e. The smallest absolute Gasteiger partial charge is 0.339 e. The third-order valence-electron chi connectivity index (χ3n) is 2.72. The van der Waals surface area contributed by atoms with Crippen molar-refractivity contribution >= 4 is 30.2 Å². The average Bonchev–Trinajstić information content (AvgIpc) is 2.36. The number of carbonyl (C=O) groups excluding carboxylic acids is 1. The van der Waals surface area contributed by atoms with Crippen molar-refractivity contribution in [2.75, 3.05) is 14.2 Å². The van der Waals surface area contributed by atoms with E-state index in [-0.39, 0.29) is 0 Å². The number of fused-ring (bicyclic) bond motifs is 1. The Morgan fingerprint density at radius 2 is 2.00 bits per heavy atom. The molecule has 0 saturated carbocycles. The number of ether oxygens (including phenoxy) is 2. The van der Waals surface area contributed by atoms with Gasteiger partial charge in [-0.1, -0.05) is 11.5 Å². The zero-order chi connectivity index (χ0) is 13.3. The van der Waals surface area contributed by atoms with E-state index in [4.69, 9.17) is 17.3 Å². The van der Waals surface area contributed by atoms with Crippen LogP contribution >= 0.6 is 0 Å². The van der Waals surface area contributed by atoms with Crippen LogP contribution in [0.25, 0.3) is 10.9 Å². The van der Waals surface area contributed by atoms with Crippen LogP contribution in [0.5, 0.6) is 5.75 Å². The van der Waals surface area contributed by atoms with Crippen molar-refractivity contribution in [3.05, 3.63) is 29.5 Å². The van der Waals surface area contributed by atoms with Crippen molar-refractivity contribution in [1.82, 2.24) is 4.98 Å². The van der Waals surface area contributed by atoms with Gasteiger partial charge in [0.15, 0.2) is 0 Å². The van der Waals surface area contributed by atoms with E-state index in [9.17, 15) is 4.79 Å². The molecule has 0 N–H and O–H groups in total. The van der Waals surface area contributed by atoms with Gasteiger partial charge in [-0.2, -0.15) is 0 Å². The van der Waals surface area contributed by atoms with Crippen LogP contribution in [0.1, 0.15) is 16.1 Å². The van der Waals surface area contributed by atoms with E-state index < -0.39 is 5.97 Å². The molecule has 0 atom stereocenters. The van der Waals surface area contributed by atoms with Crippen molar-refractivity contribution in [2.24, 2.45) is 0 Å². The number of hydrogen-bond donors (Lipinski definition) is 0. The number of pyridine rings is 1. The Labute approximate surface area is 106 Å². The minimum atomic E-state index is -0.414. The van der Waals surface area contributed by atoms with Crippen LogP contribution in [0.15, 0.2) is 18.2 Å². The zero-order valence-electron chi connectivity index (χ0n) is 10.5. The number of esters is 1. The number of methoxy groups -OCH3 is 2. The highest BCUT2D eigenvalue weighted by Gasteiger charge is 2.14. The van der Waals surface area contributed by atoms with Crippen molar-refractivity contribution in [3.8, 4) is 5.75 Å². The number of nitrogens with zero attached hydrogens (tertiary/aromatic N) is 1. The highest BCUT2D eigenvalue weighted by Crippen LogP contribution is 2.24. The Balaban J connectivity index is 2.75. The second kappa shape index (κ2) is 4.68. The van der Waals surface area contributed by atoms with Gasteiger partial charge < -0.3 is 9.47 Å². The lowest BCUT2D eigenvalue weighted by Crippen LogP contribution is -2.08. The van der Waals surface area contributed by atoms with Gasteiger partial charge in [0, 0.05) is 5.39 Å². The molecule has 0 spiro atoms. The Hall–Kier alpha value is -2.04. The molecule has 2 aromatic rings. The minimum Gasteiger partial charge on any atom is -0.494 e. The average molecular weight is 241 g/mol. The summed E-state index contributed by atoms with van der Waals surface area (Å²) in [6.07, 6.45) is 0. The first-order valence-corrected chi connectivity index (χ1v) is 5.40. The number of rotatable bonds is 2. The Bertz CT molecular complexity index is 625. The van der Waals surface area contributed by atoms with Crippen molar-refractivity contribution in [1.29, 1.82) is 0 Å². The first-order chi connectivity index (χ1) is 8.56. The normalized spacial score (nSPS) is 10.4. The van der Waals surface area contributed by atoms with Gasteiger partial charge in [0.1, 0.15) is 19.1 Å². The van der Waals surface area contributed by atoms with Gasteiger partial charge in [-0.05, 0) is 19.1 Å². The van der Waals surface area contributed by atoms with Gasteiger partial charge >= 0.3 is 5.97 Å². The monoisotopic (exact) mass is 241 g/mol. The van der Waals surface area contributed by atoms with Crippen LogP contribution in [-0.2, 0) is 4.74 Å². The first-order valence-electron chi connectivity index (χ1n) is 5.40. The van der Waals surface area contributed by atoms with Crippen molar-refractivity contribution < 1.29 is 14.3 Å². The molecule has 0 unspecified atom stereocenters. The number of hydrogen-bond acceptors (Lipinski definition) is 4. The molecule has 5 heteroatoms. The molecule has 4 nitrogen and oxygen atoms in total. The first kappa shape index (κ1) is 12.4. The largest absolute Gasteiger partial charge is 0.494 e. The number of carbonyl (C=O) groups is 1. The molecule has 1 aromatic heterocycles. The lowest BCUT2D eigenvalue weighted by molar-refractivity contribution is 0.0599. The fraction of sp³-hybridized carbons (Fsp3) is 0.231. The van der Waals surface area contributed by atoms with Crippen LogP contribution in [0.4, 0.5) is 0 Å². The van der Waals surface area contributed by atoms with E-state index in [2.05, 4.69) is 4.98 Å². The summed E-state index contributed by atoms with van der Waals surface area (Å²) in [6, 6.07) is 5.16. The summed E-state index contributed by atoms with van der Waals surface area (Å²) >= 11 is 0. The minimum absolute atomic E-state index is 0.414. The van der Waals surface area contributed by atoms with Crippen LogP contribution in [-0.4, -0.2) is 33.0 Å². The third kappa shape index (κ3) is 2.03. The maximum atomic E-state index is 11.6. The molecule has 0 amide bonds. The molecule has 18 heavy (non-hydrogen) atoms. The fourth-order valence-corrected chi connectivity index (χ4v) is 1.84. The molecule has 0 aliphatic rings. The number of benzene rings is 1. The Morgan fingerprint density at radius 1 is 1.28 bits per heavy atom. The second-order valence-electron chi connectivity index (χ2n) is 3.91. The van der Waals surface area contributed by atoms with E-state index in [0.29, 0.717) is 28.0 Å². The molecule has 0 aliphatic heterocycles. The summed E-state index contributed by atoms with van der Waals surface area (Å²) in [7, 11) is 8.67. The summed E-state index contributed by atoms with van der Waals surface area (Å²) in [5, 5.41) is 0.748. The van der Waals surface area contributed by atoms with E-state index >= 15 is 0 Å². The topological polar surface area (TPSA) is 48.4 Å². The summed E-state index contributed by atoms with van der Waals surface area (Å²) in [5.74, 6) is 0.174. The van der Waals surface area contributed by atoms with Crippen LogP contribution in [0, 0.1) is 6.92 Å². The van der Waals surface area contributed by atoms with Gasteiger partial charge in [0.2, 0.25) is 0 Å². The van der Waals surface area contributed by atoms with Crippen molar-refractivity contribution in [3.63, 3.8) is 0 Å². The van der Waals surface area contributed by atoms with E-state index in [1.165, 1.54) is 7.11 Å². The second-order valence-corrected chi connectivity index (χ2v) is 3.91. The molecule has 0 bridgehead atoms. The molecule has 2 radical (unpaired) electrons. The van der Waals surface area contributed by atoms with Gasteiger partial charge in [-0.25, -0.2) is 9.78 Å². The highest BCUT2D eigenvalue weighted by molar-refractivity contribution is 6.33. The molecule has 0 fully saturated rings. The molecular weight excluding hydrogens is 229 g/mol. The molecular formula is C13H12BNO3. The zero-order valence-corrected chi connectivity index (χ0v) is 10.5. The fourth-order valence-electron chi connectivity index (χ4n) is 1.84. The van der Waals surface area contributed by atoms with Crippen molar-refractivity contribution in [2.45, 2.75) is 6.92 Å². The summed E-state index contributed by atoms with van der Waals surface area (Å²) in [5.41, 5.74) is 2.26. The van der Waals surface area contributed by atoms with Gasteiger partial charge in [0.05, 0.1) is 25.5 Å². The van der Waals surface area contributed by atoms with E-state index in [1.54, 1.807) is 32.2 Å². The lowest BCUT2D eigenvalue weighted by Gasteiger charge is -2.10. The molecule has 90 valence electrons. The van der Waals surface area contributed by atoms with Gasteiger partial charge in [-0.15, -0.1) is 0 Å². The summed E-state index contributed by atoms with van der Waals surface area (Å²) < 4.78 is 9.94. The van der Waals surface area contributed by atoms with Gasteiger partial charge in [-0.3, -0.25) is 0 Å². The predicted octanol–water partition coefficient (Wildman–Crippen LogP) is 1.13. The van der Waals surface area contributed by atoms with E-state index in [0.717, 1.165) is 5.39 Å². The summed E-state index contributed by atoms with van der Waals surface area (Å²) in [6.45, 7) is 1.75. The molecule has 1 heterocycles. The Morgan fingerprint density at radius 3 is 2.61 bits per heavy atom. The third-order valence-corrected chi connectivity index (χ3v) is 2.72. The number of aromatic nitrogens is 1. The van der Waals surface area contributed by atoms with Crippen LogP contribution in [0.2, 0.25) is 0 Å². The Kier molecular flexibility index (Phi) is 3.23. The summed E-state index contributed by atoms with van der Waals surface area (Å²) in [4.78, 5) is 16.0. The van der Waals surface area contributed by atoms with Gasteiger partial charge in [0.25, 0.3) is 0 Å². The molecule has 0 aliphatic carbocycles. The van der Waals surface area contributed by atoms with Crippen LogP contribution < -0.4 is 10.2 Å². The van der Waals surface area contributed by atoms with Crippen LogP contribution in [0.3, 0.4) is 0 Å². The SMILES string of the molecule is [B]c1cc(OC)c2nc(C)c(C(=O)OC)cc2c1. The quantitative estimate of drug-likeness (QED) is 0.584. The molecule has 1 aromatic carbocycles. The predicted molar refractivity (Wildman–Crippen MR) is 69.8 cm³/mol.